The minimum atomic E-state index is -0.294. The first-order chi connectivity index (χ1) is 12.6. The third-order valence-corrected chi connectivity index (χ3v) is 4.76. The highest BCUT2D eigenvalue weighted by atomic mass is 16.2. The van der Waals surface area contributed by atoms with Crippen LogP contribution in [0.4, 0.5) is 5.69 Å². The van der Waals surface area contributed by atoms with Crippen molar-refractivity contribution < 1.29 is 9.59 Å². The summed E-state index contributed by atoms with van der Waals surface area (Å²) in [4.78, 5) is 28.2. The lowest BCUT2D eigenvalue weighted by molar-refractivity contribution is -0.124. The molecule has 2 amide bonds. The molecule has 0 spiro atoms. The molecule has 136 valence electrons. The summed E-state index contributed by atoms with van der Waals surface area (Å²) in [5.41, 5.74) is 8.30. The van der Waals surface area contributed by atoms with Gasteiger partial charge in [-0.05, 0) is 42.7 Å². The van der Waals surface area contributed by atoms with Crippen LogP contribution in [0, 0.1) is 5.92 Å². The molecule has 0 saturated heterocycles. The highest BCUT2D eigenvalue weighted by molar-refractivity contribution is 6.04. The van der Waals surface area contributed by atoms with Crippen molar-refractivity contribution in [3.05, 3.63) is 59.9 Å². The number of hydrogen-bond donors (Lipinski definition) is 3. The lowest BCUT2D eigenvalue weighted by atomic mass is 10.0. The molecule has 4 N–H and O–H groups in total. The molecule has 1 aliphatic carbocycles. The molecule has 3 rings (SSSR count). The van der Waals surface area contributed by atoms with Gasteiger partial charge in [0.25, 0.3) is 5.91 Å². The molecule has 1 aromatic heterocycles. The van der Waals surface area contributed by atoms with Crippen molar-refractivity contribution in [3.63, 3.8) is 0 Å². The Labute approximate surface area is 153 Å². The normalized spacial score (nSPS) is 15.4. The Hall–Kier alpha value is -2.73. The fourth-order valence-corrected chi connectivity index (χ4v) is 3.18. The van der Waals surface area contributed by atoms with Crippen LogP contribution in [0.15, 0.2) is 48.8 Å². The van der Waals surface area contributed by atoms with E-state index in [9.17, 15) is 9.59 Å². The van der Waals surface area contributed by atoms with E-state index in [1.54, 1.807) is 36.7 Å². The molecule has 2 aromatic rings. The molecule has 6 heteroatoms. The molecule has 6 nitrogen and oxygen atoms in total. The van der Waals surface area contributed by atoms with Gasteiger partial charge in [-0.1, -0.05) is 25.0 Å². The number of carbonyl (C=O) groups excluding carboxylic acids is 2. The number of benzene rings is 1. The summed E-state index contributed by atoms with van der Waals surface area (Å²) in [7, 11) is 0. The van der Waals surface area contributed by atoms with Gasteiger partial charge in [-0.2, -0.15) is 0 Å². The second kappa shape index (κ2) is 8.58. The van der Waals surface area contributed by atoms with Gasteiger partial charge in [0.1, 0.15) is 0 Å². The Morgan fingerprint density at radius 1 is 1.08 bits per heavy atom. The standard InChI is InChI=1S/C20H24N4O2/c21-18(13-23-19(25)15-3-1-2-4-15)14-5-7-16(8-6-14)20(26)24-17-9-11-22-12-10-17/h5-12,15,18H,1-4,13,21H2,(H,23,25)(H,22,24,26). The number of anilines is 1. The summed E-state index contributed by atoms with van der Waals surface area (Å²) in [6, 6.07) is 10.3. The summed E-state index contributed by atoms with van der Waals surface area (Å²) in [5.74, 6) is 0.0543. The first-order valence-electron chi connectivity index (χ1n) is 8.98. The van der Waals surface area contributed by atoms with Gasteiger partial charge in [0.05, 0.1) is 0 Å². The molecule has 1 heterocycles. The highest BCUT2D eigenvalue weighted by Crippen LogP contribution is 2.24. The SMILES string of the molecule is NC(CNC(=O)C1CCCC1)c1ccc(C(=O)Nc2ccncc2)cc1. The number of pyridine rings is 1. The fraction of sp³-hybridized carbons (Fsp3) is 0.350. The van der Waals surface area contributed by atoms with Crippen LogP contribution in [-0.2, 0) is 4.79 Å². The maximum absolute atomic E-state index is 12.2. The summed E-state index contributed by atoms with van der Waals surface area (Å²) in [5, 5.41) is 5.75. The first kappa shape index (κ1) is 18.1. The van der Waals surface area contributed by atoms with Crippen LogP contribution < -0.4 is 16.4 Å². The van der Waals surface area contributed by atoms with E-state index in [1.165, 1.54) is 0 Å². The summed E-state index contributed by atoms with van der Waals surface area (Å²) < 4.78 is 0. The van der Waals surface area contributed by atoms with Gasteiger partial charge in [0.15, 0.2) is 0 Å². The Balaban J connectivity index is 1.53. The summed E-state index contributed by atoms with van der Waals surface area (Å²) in [6.07, 6.45) is 7.46. The predicted octanol–water partition coefficient (Wildman–Crippen LogP) is 2.64. The van der Waals surface area contributed by atoms with Gasteiger partial charge < -0.3 is 16.4 Å². The average Bonchev–Trinajstić information content (AvgIpc) is 3.21. The quantitative estimate of drug-likeness (QED) is 0.744. The highest BCUT2D eigenvalue weighted by Gasteiger charge is 2.22. The Kier molecular flexibility index (Phi) is 5.96. The Morgan fingerprint density at radius 2 is 1.73 bits per heavy atom. The molecule has 1 atom stereocenters. The Bertz CT molecular complexity index is 740. The van der Waals surface area contributed by atoms with Crippen LogP contribution in [0.5, 0.6) is 0 Å². The predicted molar refractivity (Wildman–Crippen MR) is 101 cm³/mol. The van der Waals surface area contributed by atoms with Crippen molar-refractivity contribution in [2.45, 2.75) is 31.7 Å². The molecule has 1 aliphatic rings. The summed E-state index contributed by atoms with van der Waals surface area (Å²) in [6.45, 7) is 0.401. The molecule has 1 fully saturated rings. The maximum Gasteiger partial charge on any atom is 0.255 e. The van der Waals surface area contributed by atoms with E-state index >= 15 is 0 Å². The van der Waals surface area contributed by atoms with Crippen molar-refractivity contribution >= 4 is 17.5 Å². The zero-order valence-electron chi connectivity index (χ0n) is 14.7. The van der Waals surface area contributed by atoms with Gasteiger partial charge in [0.2, 0.25) is 5.91 Å². The van der Waals surface area contributed by atoms with Crippen molar-refractivity contribution in [1.82, 2.24) is 10.3 Å². The summed E-state index contributed by atoms with van der Waals surface area (Å²) >= 11 is 0. The smallest absolute Gasteiger partial charge is 0.255 e. The topological polar surface area (TPSA) is 97.1 Å². The molecule has 1 unspecified atom stereocenters. The van der Waals surface area contributed by atoms with E-state index in [2.05, 4.69) is 15.6 Å². The zero-order chi connectivity index (χ0) is 18.4. The van der Waals surface area contributed by atoms with Gasteiger partial charge in [-0.3, -0.25) is 14.6 Å². The van der Waals surface area contributed by atoms with Gasteiger partial charge in [-0.25, -0.2) is 0 Å². The molecule has 26 heavy (non-hydrogen) atoms. The molecule has 0 aliphatic heterocycles. The zero-order valence-corrected chi connectivity index (χ0v) is 14.7. The van der Waals surface area contributed by atoms with Crippen LogP contribution in [0.25, 0.3) is 0 Å². The molecular weight excluding hydrogens is 328 g/mol. The van der Waals surface area contributed by atoms with Gasteiger partial charge in [-0.15, -0.1) is 0 Å². The third-order valence-electron chi connectivity index (χ3n) is 4.76. The largest absolute Gasteiger partial charge is 0.354 e. The molecule has 1 saturated carbocycles. The van der Waals surface area contributed by atoms with E-state index in [0.717, 1.165) is 31.2 Å². The fourth-order valence-electron chi connectivity index (χ4n) is 3.18. The lowest BCUT2D eigenvalue weighted by Crippen LogP contribution is -2.35. The number of aromatic nitrogens is 1. The van der Waals surface area contributed by atoms with Crippen LogP contribution in [-0.4, -0.2) is 23.3 Å². The Morgan fingerprint density at radius 3 is 2.38 bits per heavy atom. The number of carbonyl (C=O) groups is 2. The number of rotatable bonds is 6. The molecule has 0 bridgehead atoms. The number of amides is 2. The van der Waals surface area contributed by atoms with E-state index in [0.29, 0.717) is 17.8 Å². The molecule has 1 aromatic carbocycles. The maximum atomic E-state index is 12.2. The van der Waals surface area contributed by atoms with Crippen molar-refractivity contribution in [3.8, 4) is 0 Å². The molecule has 0 radical (unpaired) electrons. The van der Waals surface area contributed by atoms with E-state index in [-0.39, 0.29) is 23.8 Å². The van der Waals surface area contributed by atoms with Crippen molar-refractivity contribution in [1.29, 1.82) is 0 Å². The number of nitrogens with zero attached hydrogens (tertiary/aromatic N) is 1. The minimum absolute atomic E-state index is 0.103. The van der Waals surface area contributed by atoms with Gasteiger partial charge in [0, 0.05) is 42.1 Å². The number of nitrogens with one attached hydrogen (secondary N) is 2. The minimum Gasteiger partial charge on any atom is -0.354 e. The number of nitrogens with two attached hydrogens (primary N) is 1. The van der Waals surface area contributed by atoms with Crippen molar-refractivity contribution in [2.75, 3.05) is 11.9 Å². The average molecular weight is 352 g/mol. The second-order valence-corrected chi connectivity index (χ2v) is 6.65. The van der Waals surface area contributed by atoms with Crippen molar-refractivity contribution in [2.24, 2.45) is 11.7 Å². The second-order valence-electron chi connectivity index (χ2n) is 6.65. The number of hydrogen-bond acceptors (Lipinski definition) is 4. The van der Waals surface area contributed by atoms with E-state index < -0.39 is 0 Å². The van der Waals surface area contributed by atoms with E-state index in [4.69, 9.17) is 5.73 Å². The molecular formula is C20H24N4O2. The van der Waals surface area contributed by atoms with Crippen LogP contribution in [0.2, 0.25) is 0 Å². The van der Waals surface area contributed by atoms with Crippen LogP contribution in [0.3, 0.4) is 0 Å². The van der Waals surface area contributed by atoms with E-state index in [1.807, 2.05) is 12.1 Å². The lowest BCUT2D eigenvalue weighted by Gasteiger charge is -2.16. The monoisotopic (exact) mass is 352 g/mol. The van der Waals surface area contributed by atoms with Gasteiger partial charge >= 0.3 is 0 Å². The third kappa shape index (κ3) is 4.67. The van der Waals surface area contributed by atoms with Crippen LogP contribution in [0.1, 0.15) is 47.6 Å². The van der Waals surface area contributed by atoms with Crippen LogP contribution >= 0.6 is 0 Å². The first-order valence-corrected chi connectivity index (χ1v) is 8.98.